The Balaban J connectivity index is 3.02. The highest BCUT2D eigenvalue weighted by Gasteiger charge is 2.12. The van der Waals surface area contributed by atoms with E-state index in [0.717, 1.165) is 0 Å². The fourth-order valence-corrected chi connectivity index (χ4v) is 1.29. The molecule has 0 aliphatic carbocycles. The summed E-state index contributed by atoms with van der Waals surface area (Å²) in [4.78, 5) is 0. The lowest BCUT2D eigenvalue weighted by atomic mass is 10.7. The van der Waals surface area contributed by atoms with Crippen molar-refractivity contribution in [2.24, 2.45) is 5.73 Å². The molecular formula is C7H19NO2Si. The highest BCUT2D eigenvalue weighted by molar-refractivity contribution is 6.69. The largest absolute Gasteiger partial charge is 0.415 e. The first kappa shape index (κ1) is 11.1. The predicted molar refractivity (Wildman–Crippen MR) is 49.2 cm³/mol. The molecule has 4 heteroatoms. The molecule has 11 heavy (non-hydrogen) atoms. The van der Waals surface area contributed by atoms with Crippen molar-refractivity contribution >= 4 is 8.32 Å². The van der Waals surface area contributed by atoms with E-state index >= 15 is 0 Å². The van der Waals surface area contributed by atoms with Gasteiger partial charge in [0.1, 0.15) is 0 Å². The molecule has 0 aromatic rings. The minimum Gasteiger partial charge on any atom is -0.415 e. The minimum atomic E-state index is -1.33. The molecule has 0 spiro atoms. The molecule has 0 aromatic heterocycles. The molecule has 0 aliphatic rings. The predicted octanol–water partition coefficient (Wildman–Crippen LogP) is 0.813. The second kappa shape index (κ2) is 5.71. The highest BCUT2D eigenvalue weighted by Crippen LogP contribution is 2.01. The maximum Gasteiger partial charge on any atom is 0.183 e. The minimum absolute atomic E-state index is 0.590. The number of hydrogen-bond donors (Lipinski definition) is 1. The zero-order chi connectivity index (χ0) is 8.74. The highest BCUT2D eigenvalue weighted by atomic mass is 28.4. The molecule has 0 aromatic carbocycles. The molecule has 0 atom stereocenters. The summed E-state index contributed by atoms with van der Waals surface area (Å²) in [5.41, 5.74) is 5.24. The molecule has 0 bridgehead atoms. The Hall–Kier alpha value is 0.0969. The maximum atomic E-state index is 5.55. The van der Waals surface area contributed by atoms with Crippen LogP contribution in [0.5, 0.6) is 0 Å². The fraction of sp³-hybridized carbons (Fsp3) is 1.00. The summed E-state index contributed by atoms with van der Waals surface area (Å²) in [5.74, 6) is 0. The number of ether oxygens (including phenoxy) is 1. The van der Waals surface area contributed by atoms with Gasteiger partial charge >= 0.3 is 0 Å². The normalized spacial score (nSPS) is 12.0. The van der Waals surface area contributed by atoms with E-state index in [1.165, 1.54) is 0 Å². The zero-order valence-electron chi connectivity index (χ0n) is 7.72. The Morgan fingerprint density at radius 3 is 2.18 bits per heavy atom. The Labute approximate surface area is 70.0 Å². The van der Waals surface area contributed by atoms with Gasteiger partial charge in [-0.2, -0.15) is 0 Å². The van der Waals surface area contributed by atoms with Gasteiger partial charge in [0, 0.05) is 6.54 Å². The summed E-state index contributed by atoms with van der Waals surface area (Å²) in [6.45, 7) is 9.08. The zero-order valence-corrected chi connectivity index (χ0v) is 8.72. The molecule has 0 heterocycles. The van der Waals surface area contributed by atoms with Crippen molar-refractivity contribution in [2.45, 2.75) is 19.6 Å². The standard InChI is InChI=1S/C7H19NO2Si/c1-11(2,3)10-7-6-9-5-4-8/h4-8H2,1-3H3. The molecule has 0 aliphatic heterocycles. The second-order valence-corrected chi connectivity index (χ2v) is 7.88. The van der Waals surface area contributed by atoms with Crippen molar-refractivity contribution in [1.29, 1.82) is 0 Å². The molecule has 68 valence electrons. The van der Waals surface area contributed by atoms with Gasteiger partial charge in [-0.1, -0.05) is 0 Å². The van der Waals surface area contributed by atoms with Crippen LogP contribution in [0.25, 0.3) is 0 Å². The lowest BCUT2D eigenvalue weighted by Gasteiger charge is -2.16. The monoisotopic (exact) mass is 177 g/mol. The molecule has 0 amide bonds. The molecule has 0 radical (unpaired) electrons. The Kier molecular flexibility index (Phi) is 5.76. The molecular weight excluding hydrogens is 158 g/mol. The molecule has 0 unspecified atom stereocenters. The van der Waals surface area contributed by atoms with Crippen LogP contribution in [0.3, 0.4) is 0 Å². The molecule has 3 nitrogen and oxygen atoms in total. The molecule has 0 rings (SSSR count). The van der Waals surface area contributed by atoms with Crippen molar-refractivity contribution in [1.82, 2.24) is 0 Å². The Bertz CT molecular complexity index is 92.9. The number of rotatable bonds is 6. The van der Waals surface area contributed by atoms with Gasteiger partial charge in [-0.15, -0.1) is 0 Å². The average molecular weight is 177 g/mol. The molecule has 0 fully saturated rings. The Morgan fingerprint density at radius 1 is 1.09 bits per heavy atom. The number of hydrogen-bond acceptors (Lipinski definition) is 3. The van der Waals surface area contributed by atoms with Crippen LogP contribution in [-0.4, -0.2) is 34.7 Å². The van der Waals surface area contributed by atoms with Crippen LogP contribution in [-0.2, 0) is 9.16 Å². The Morgan fingerprint density at radius 2 is 1.73 bits per heavy atom. The van der Waals surface area contributed by atoms with Crippen LogP contribution in [0, 0.1) is 0 Å². The van der Waals surface area contributed by atoms with E-state index in [9.17, 15) is 0 Å². The van der Waals surface area contributed by atoms with Gasteiger partial charge in [-0.25, -0.2) is 0 Å². The van der Waals surface area contributed by atoms with E-state index in [0.29, 0.717) is 26.4 Å². The summed E-state index contributed by atoms with van der Waals surface area (Å²) in [7, 11) is -1.33. The van der Waals surface area contributed by atoms with Crippen LogP contribution in [0.4, 0.5) is 0 Å². The van der Waals surface area contributed by atoms with Crippen molar-refractivity contribution in [2.75, 3.05) is 26.4 Å². The van der Waals surface area contributed by atoms with Gasteiger partial charge in [0.05, 0.1) is 19.8 Å². The third kappa shape index (κ3) is 10.1. The van der Waals surface area contributed by atoms with Crippen molar-refractivity contribution in [3.05, 3.63) is 0 Å². The summed E-state index contributed by atoms with van der Waals surface area (Å²) in [6.07, 6.45) is 0. The van der Waals surface area contributed by atoms with Gasteiger partial charge in [0.25, 0.3) is 0 Å². The third-order valence-electron chi connectivity index (χ3n) is 1.02. The van der Waals surface area contributed by atoms with Crippen molar-refractivity contribution in [3.63, 3.8) is 0 Å². The topological polar surface area (TPSA) is 44.5 Å². The summed E-state index contributed by atoms with van der Waals surface area (Å²) in [6, 6.07) is 0. The number of nitrogens with two attached hydrogens (primary N) is 1. The first-order valence-corrected chi connectivity index (χ1v) is 7.39. The molecule has 0 saturated carbocycles. The average Bonchev–Trinajstić information content (AvgIpc) is 1.85. The lowest BCUT2D eigenvalue weighted by Crippen LogP contribution is -2.27. The molecule has 2 N–H and O–H groups in total. The van der Waals surface area contributed by atoms with Crippen LogP contribution >= 0.6 is 0 Å². The molecule has 0 saturated heterocycles. The van der Waals surface area contributed by atoms with E-state index in [2.05, 4.69) is 19.6 Å². The van der Waals surface area contributed by atoms with Gasteiger partial charge in [-0.05, 0) is 19.6 Å². The summed E-state index contributed by atoms with van der Waals surface area (Å²) < 4.78 is 10.7. The summed E-state index contributed by atoms with van der Waals surface area (Å²) >= 11 is 0. The van der Waals surface area contributed by atoms with Gasteiger partial charge in [0.2, 0.25) is 0 Å². The smallest absolute Gasteiger partial charge is 0.183 e. The van der Waals surface area contributed by atoms with E-state index < -0.39 is 8.32 Å². The summed E-state index contributed by atoms with van der Waals surface area (Å²) in [5, 5.41) is 0. The van der Waals surface area contributed by atoms with Crippen molar-refractivity contribution < 1.29 is 9.16 Å². The van der Waals surface area contributed by atoms with E-state index in [1.807, 2.05) is 0 Å². The second-order valence-electron chi connectivity index (χ2n) is 3.36. The third-order valence-corrected chi connectivity index (χ3v) is 2.10. The first-order chi connectivity index (χ1) is 5.06. The van der Waals surface area contributed by atoms with E-state index in [1.54, 1.807) is 0 Å². The van der Waals surface area contributed by atoms with E-state index in [-0.39, 0.29) is 0 Å². The fourth-order valence-electron chi connectivity index (χ4n) is 0.592. The van der Waals surface area contributed by atoms with Gasteiger partial charge in [0.15, 0.2) is 8.32 Å². The van der Waals surface area contributed by atoms with Crippen LogP contribution in [0.2, 0.25) is 19.6 Å². The van der Waals surface area contributed by atoms with E-state index in [4.69, 9.17) is 14.9 Å². The van der Waals surface area contributed by atoms with Crippen LogP contribution < -0.4 is 5.73 Å². The maximum absolute atomic E-state index is 5.55. The van der Waals surface area contributed by atoms with Gasteiger partial charge < -0.3 is 14.9 Å². The lowest BCUT2D eigenvalue weighted by molar-refractivity contribution is 0.103. The first-order valence-electron chi connectivity index (χ1n) is 3.98. The van der Waals surface area contributed by atoms with Crippen LogP contribution in [0.15, 0.2) is 0 Å². The SMILES string of the molecule is C[Si](C)(C)OCCOCCN. The van der Waals surface area contributed by atoms with Gasteiger partial charge in [-0.3, -0.25) is 0 Å². The quantitative estimate of drug-likeness (QED) is 0.482. The van der Waals surface area contributed by atoms with Crippen LogP contribution in [0.1, 0.15) is 0 Å². The van der Waals surface area contributed by atoms with Crippen molar-refractivity contribution in [3.8, 4) is 0 Å².